The molecular weight excluding hydrogens is 342 g/mol. The first kappa shape index (κ1) is 19.0. The minimum Gasteiger partial charge on any atom is -0.480 e. The number of likely N-dealkylation sites (N-methyl/N-ethyl adjacent to an activating group) is 1. The van der Waals surface area contributed by atoms with Crippen molar-refractivity contribution in [3.63, 3.8) is 0 Å². The molecule has 1 aliphatic rings. The third kappa shape index (κ3) is 3.54. The van der Waals surface area contributed by atoms with Crippen LogP contribution < -0.4 is 0 Å². The van der Waals surface area contributed by atoms with Crippen molar-refractivity contribution >= 4 is 12.1 Å². The zero-order chi connectivity index (χ0) is 19.6. The highest BCUT2D eigenvalue weighted by atomic mass is 16.6. The molecule has 2 atom stereocenters. The zero-order valence-electron chi connectivity index (χ0n) is 15.9. The lowest BCUT2D eigenvalue weighted by atomic mass is 9.98. The summed E-state index contributed by atoms with van der Waals surface area (Å²) in [6, 6.07) is 15.3. The summed E-state index contributed by atoms with van der Waals surface area (Å²) in [4.78, 5) is 25.3. The Bertz CT molecular complexity index is 802. The number of benzene rings is 2. The number of nitrogens with zero attached hydrogens (tertiary/aromatic N) is 1. The van der Waals surface area contributed by atoms with Gasteiger partial charge in [-0.25, -0.2) is 9.59 Å². The molecule has 1 amide bonds. The Morgan fingerprint density at radius 2 is 1.59 bits per heavy atom. The molecule has 0 saturated heterocycles. The van der Waals surface area contributed by atoms with Crippen molar-refractivity contribution in [3.05, 3.63) is 59.7 Å². The van der Waals surface area contributed by atoms with Crippen LogP contribution in [0.2, 0.25) is 0 Å². The Balaban J connectivity index is 1.77. The highest BCUT2D eigenvalue weighted by Crippen LogP contribution is 2.44. The van der Waals surface area contributed by atoms with Gasteiger partial charge in [-0.1, -0.05) is 68.8 Å². The lowest BCUT2D eigenvalue weighted by molar-refractivity contribution is -0.144. The summed E-state index contributed by atoms with van der Waals surface area (Å²) in [7, 11) is 1.49. The first-order valence-corrected chi connectivity index (χ1v) is 9.26. The van der Waals surface area contributed by atoms with Crippen LogP contribution in [0.1, 0.15) is 37.3 Å². The lowest BCUT2D eigenvalue weighted by Crippen LogP contribution is -2.46. The summed E-state index contributed by atoms with van der Waals surface area (Å²) < 4.78 is 5.55. The predicted octanol–water partition coefficient (Wildman–Crippen LogP) is 4.37. The zero-order valence-corrected chi connectivity index (χ0v) is 15.9. The molecule has 0 saturated carbocycles. The van der Waals surface area contributed by atoms with Crippen molar-refractivity contribution in [1.29, 1.82) is 0 Å². The molecule has 0 unspecified atom stereocenters. The second kappa shape index (κ2) is 7.82. The molecule has 0 radical (unpaired) electrons. The van der Waals surface area contributed by atoms with Crippen molar-refractivity contribution < 1.29 is 19.4 Å². The number of carboxylic acid groups (broad SMARTS) is 1. The fraction of sp³-hybridized carbons (Fsp3) is 0.364. The van der Waals surface area contributed by atoms with Crippen molar-refractivity contribution in [2.75, 3.05) is 13.7 Å². The fourth-order valence-corrected chi connectivity index (χ4v) is 3.82. The number of carbonyl (C=O) groups excluding carboxylic acids is 1. The van der Waals surface area contributed by atoms with Gasteiger partial charge in [0, 0.05) is 13.0 Å². The molecule has 27 heavy (non-hydrogen) atoms. The number of aliphatic carboxylic acids is 1. The third-order valence-corrected chi connectivity index (χ3v) is 5.48. The highest BCUT2D eigenvalue weighted by molar-refractivity contribution is 5.81. The number of rotatable bonds is 6. The SMILES string of the molecule is CC[C@H](C)[C@@H](C(=O)O)N(C)C(=O)OCC1c2ccccc2-c2ccccc21. The Labute approximate surface area is 159 Å². The topological polar surface area (TPSA) is 66.8 Å². The van der Waals surface area contributed by atoms with E-state index in [0.29, 0.717) is 6.42 Å². The van der Waals surface area contributed by atoms with Gasteiger partial charge >= 0.3 is 12.1 Å². The van der Waals surface area contributed by atoms with Gasteiger partial charge in [-0.15, -0.1) is 0 Å². The maximum absolute atomic E-state index is 12.5. The Hall–Kier alpha value is -2.82. The van der Waals surface area contributed by atoms with Crippen molar-refractivity contribution in [3.8, 4) is 11.1 Å². The van der Waals surface area contributed by atoms with E-state index in [0.717, 1.165) is 22.3 Å². The summed E-state index contributed by atoms with van der Waals surface area (Å²) in [6.45, 7) is 3.92. The number of fused-ring (bicyclic) bond motifs is 3. The first-order valence-electron chi connectivity index (χ1n) is 9.26. The quantitative estimate of drug-likeness (QED) is 0.823. The van der Waals surface area contributed by atoms with Gasteiger partial charge in [-0.3, -0.25) is 4.90 Å². The first-order chi connectivity index (χ1) is 13.0. The van der Waals surface area contributed by atoms with Crippen molar-refractivity contribution in [2.24, 2.45) is 5.92 Å². The van der Waals surface area contributed by atoms with Gasteiger partial charge in [0.1, 0.15) is 12.6 Å². The average molecular weight is 367 g/mol. The molecule has 0 bridgehead atoms. The molecule has 0 heterocycles. The molecule has 1 aliphatic carbocycles. The summed E-state index contributed by atoms with van der Waals surface area (Å²) in [5, 5.41) is 9.48. The number of amides is 1. The van der Waals surface area contributed by atoms with Gasteiger partial charge < -0.3 is 9.84 Å². The van der Waals surface area contributed by atoms with Crippen LogP contribution in [0.15, 0.2) is 48.5 Å². The minimum absolute atomic E-state index is 0.0402. The van der Waals surface area contributed by atoms with Crippen LogP contribution in [0.3, 0.4) is 0 Å². The van der Waals surface area contributed by atoms with E-state index in [2.05, 4.69) is 24.3 Å². The van der Waals surface area contributed by atoms with Crippen LogP contribution in [-0.2, 0) is 9.53 Å². The van der Waals surface area contributed by atoms with E-state index in [-0.39, 0.29) is 18.4 Å². The van der Waals surface area contributed by atoms with Crippen LogP contribution >= 0.6 is 0 Å². The van der Waals surface area contributed by atoms with Crippen LogP contribution in [0, 0.1) is 5.92 Å². The number of carbonyl (C=O) groups is 2. The van der Waals surface area contributed by atoms with E-state index in [1.54, 1.807) is 0 Å². The molecule has 0 fully saturated rings. The summed E-state index contributed by atoms with van der Waals surface area (Å²) >= 11 is 0. The van der Waals surface area contributed by atoms with Crippen LogP contribution in [0.4, 0.5) is 4.79 Å². The van der Waals surface area contributed by atoms with Crippen LogP contribution in [0.5, 0.6) is 0 Å². The molecule has 0 aliphatic heterocycles. The number of ether oxygens (including phenoxy) is 1. The van der Waals surface area contributed by atoms with Crippen molar-refractivity contribution in [2.45, 2.75) is 32.2 Å². The number of carboxylic acids is 1. The van der Waals surface area contributed by atoms with Crippen molar-refractivity contribution in [1.82, 2.24) is 4.90 Å². The fourth-order valence-electron chi connectivity index (χ4n) is 3.82. The van der Waals surface area contributed by atoms with E-state index in [4.69, 9.17) is 4.74 Å². The van der Waals surface area contributed by atoms with Gasteiger partial charge in [-0.05, 0) is 28.2 Å². The Morgan fingerprint density at radius 3 is 2.07 bits per heavy atom. The summed E-state index contributed by atoms with van der Waals surface area (Å²) in [6.07, 6.45) is 0.0578. The molecule has 2 aromatic rings. The minimum atomic E-state index is -1.01. The number of hydrogen-bond donors (Lipinski definition) is 1. The third-order valence-electron chi connectivity index (χ3n) is 5.48. The Morgan fingerprint density at radius 1 is 1.07 bits per heavy atom. The molecular formula is C22H25NO4. The largest absolute Gasteiger partial charge is 0.480 e. The summed E-state index contributed by atoms with van der Waals surface area (Å²) in [5.41, 5.74) is 4.58. The smallest absolute Gasteiger partial charge is 0.410 e. The highest BCUT2D eigenvalue weighted by Gasteiger charge is 2.33. The van der Waals surface area contributed by atoms with Crippen LogP contribution in [-0.4, -0.2) is 41.8 Å². The molecule has 5 nitrogen and oxygen atoms in total. The lowest BCUT2D eigenvalue weighted by Gasteiger charge is -2.28. The van der Waals surface area contributed by atoms with E-state index in [1.165, 1.54) is 11.9 Å². The van der Waals surface area contributed by atoms with Gasteiger partial charge in [0.2, 0.25) is 0 Å². The van der Waals surface area contributed by atoms with Gasteiger partial charge in [0.25, 0.3) is 0 Å². The maximum atomic E-state index is 12.5. The molecule has 0 spiro atoms. The standard InChI is InChI=1S/C22H25NO4/c1-4-14(2)20(21(24)25)23(3)22(26)27-13-19-17-11-7-5-9-15(17)16-10-6-8-12-18(16)19/h5-12,14,19-20H,4,13H2,1-3H3,(H,24,25)/t14-,20-/m0/s1. The Kier molecular flexibility index (Phi) is 5.49. The van der Waals surface area contributed by atoms with E-state index in [9.17, 15) is 14.7 Å². The van der Waals surface area contributed by atoms with Gasteiger partial charge in [0.05, 0.1) is 0 Å². The van der Waals surface area contributed by atoms with E-state index >= 15 is 0 Å². The molecule has 3 rings (SSSR count). The number of hydrogen-bond acceptors (Lipinski definition) is 3. The van der Waals surface area contributed by atoms with Gasteiger partial charge in [0.15, 0.2) is 0 Å². The predicted molar refractivity (Wildman–Crippen MR) is 104 cm³/mol. The maximum Gasteiger partial charge on any atom is 0.410 e. The van der Waals surface area contributed by atoms with E-state index in [1.807, 2.05) is 38.1 Å². The summed E-state index contributed by atoms with van der Waals surface area (Å²) in [5.74, 6) is -1.21. The molecule has 142 valence electrons. The molecule has 1 N–H and O–H groups in total. The molecule has 5 heteroatoms. The second-order valence-electron chi connectivity index (χ2n) is 7.08. The normalized spacial score (nSPS) is 14.8. The van der Waals surface area contributed by atoms with Crippen LogP contribution in [0.25, 0.3) is 11.1 Å². The monoisotopic (exact) mass is 367 g/mol. The molecule has 0 aromatic heterocycles. The van der Waals surface area contributed by atoms with Gasteiger partial charge in [-0.2, -0.15) is 0 Å². The second-order valence-corrected chi connectivity index (χ2v) is 7.08. The molecule has 2 aromatic carbocycles. The average Bonchev–Trinajstić information content (AvgIpc) is 2.99. The van der Waals surface area contributed by atoms with E-state index < -0.39 is 18.1 Å².